The summed E-state index contributed by atoms with van der Waals surface area (Å²) in [5.41, 5.74) is 9.33. The number of ether oxygens (including phenoxy) is 1. The number of hydrogen-bond acceptors (Lipinski definition) is 4. The van der Waals surface area contributed by atoms with E-state index in [2.05, 4.69) is 17.2 Å². The van der Waals surface area contributed by atoms with Gasteiger partial charge in [-0.1, -0.05) is 24.3 Å². The third-order valence-corrected chi connectivity index (χ3v) is 3.19. The summed E-state index contributed by atoms with van der Waals surface area (Å²) in [5, 5.41) is 8.02. The van der Waals surface area contributed by atoms with E-state index < -0.39 is 0 Å². The Bertz CT molecular complexity index is 550. The first-order valence-electron chi connectivity index (χ1n) is 6.45. The number of methoxy groups -OCH3 is 1. The fourth-order valence-corrected chi connectivity index (χ4v) is 2.09. The van der Waals surface area contributed by atoms with E-state index in [9.17, 15) is 0 Å². The predicted octanol–water partition coefficient (Wildman–Crippen LogP) is 2.05. The molecule has 19 heavy (non-hydrogen) atoms. The van der Waals surface area contributed by atoms with Crippen molar-refractivity contribution in [1.82, 2.24) is 15.0 Å². The summed E-state index contributed by atoms with van der Waals surface area (Å²) >= 11 is 0. The van der Waals surface area contributed by atoms with E-state index in [1.54, 1.807) is 13.3 Å². The molecule has 0 saturated heterocycles. The Morgan fingerprint density at radius 3 is 2.89 bits per heavy atom. The van der Waals surface area contributed by atoms with E-state index in [1.165, 1.54) is 0 Å². The third-order valence-electron chi connectivity index (χ3n) is 3.19. The van der Waals surface area contributed by atoms with Crippen molar-refractivity contribution in [3.05, 3.63) is 41.2 Å². The molecule has 0 aliphatic heterocycles. The van der Waals surface area contributed by atoms with Crippen molar-refractivity contribution in [2.45, 2.75) is 32.9 Å². The van der Waals surface area contributed by atoms with Crippen LogP contribution < -0.4 is 10.5 Å². The van der Waals surface area contributed by atoms with E-state index in [0.29, 0.717) is 0 Å². The number of rotatable bonds is 5. The molecule has 1 heterocycles. The molecule has 0 aliphatic carbocycles. The highest BCUT2D eigenvalue weighted by molar-refractivity contribution is 5.39. The zero-order valence-electron chi connectivity index (χ0n) is 11.6. The van der Waals surface area contributed by atoms with Crippen molar-refractivity contribution >= 4 is 0 Å². The Kier molecular flexibility index (Phi) is 4.16. The van der Waals surface area contributed by atoms with E-state index in [-0.39, 0.29) is 6.04 Å². The van der Waals surface area contributed by atoms with Crippen LogP contribution in [0.5, 0.6) is 5.75 Å². The van der Waals surface area contributed by atoms with Gasteiger partial charge < -0.3 is 10.5 Å². The first-order chi connectivity index (χ1) is 9.17. The van der Waals surface area contributed by atoms with Crippen LogP contribution in [-0.2, 0) is 6.54 Å². The molecule has 0 spiro atoms. The Balaban J connectivity index is 2.32. The minimum Gasteiger partial charge on any atom is -0.496 e. The van der Waals surface area contributed by atoms with Gasteiger partial charge in [0.15, 0.2) is 0 Å². The number of aryl methyl sites for hydroxylation is 2. The maximum Gasteiger partial charge on any atom is 0.122 e. The summed E-state index contributed by atoms with van der Waals surface area (Å²) in [6.45, 7) is 4.94. The maximum absolute atomic E-state index is 6.31. The summed E-state index contributed by atoms with van der Waals surface area (Å²) < 4.78 is 7.20. The lowest BCUT2D eigenvalue weighted by Gasteiger charge is -2.15. The molecule has 0 saturated carbocycles. The van der Waals surface area contributed by atoms with Crippen LogP contribution in [0.15, 0.2) is 24.4 Å². The minimum atomic E-state index is -0.240. The van der Waals surface area contributed by atoms with Gasteiger partial charge in [0.1, 0.15) is 5.75 Å². The predicted molar refractivity (Wildman–Crippen MR) is 74.1 cm³/mol. The quantitative estimate of drug-likeness (QED) is 0.893. The molecule has 0 amide bonds. The van der Waals surface area contributed by atoms with Crippen LogP contribution in [-0.4, -0.2) is 22.1 Å². The Labute approximate surface area is 113 Å². The molecule has 5 heteroatoms. The fraction of sp³-hybridized carbons (Fsp3) is 0.429. The fourth-order valence-electron chi connectivity index (χ4n) is 2.09. The molecule has 2 aromatic rings. The summed E-state index contributed by atoms with van der Waals surface area (Å²) in [6.07, 6.45) is 2.73. The minimum absolute atomic E-state index is 0.240. The molecule has 0 bridgehead atoms. The smallest absolute Gasteiger partial charge is 0.122 e. The molecule has 2 N–H and O–H groups in total. The van der Waals surface area contributed by atoms with Crippen molar-refractivity contribution in [3.8, 4) is 5.75 Å². The average molecular weight is 260 g/mol. The van der Waals surface area contributed by atoms with E-state index in [0.717, 1.165) is 35.5 Å². The van der Waals surface area contributed by atoms with E-state index in [1.807, 2.05) is 29.8 Å². The van der Waals surface area contributed by atoms with E-state index >= 15 is 0 Å². The Morgan fingerprint density at radius 1 is 1.42 bits per heavy atom. The third kappa shape index (κ3) is 2.76. The zero-order chi connectivity index (χ0) is 13.8. The van der Waals surface area contributed by atoms with Gasteiger partial charge in [0, 0.05) is 6.54 Å². The molecule has 0 aliphatic rings. The van der Waals surface area contributed by atoms with Crippen LogP contribution in [0.25, 0.3) is 0 Å². The van der Waals surface area contributed by atoms with E-state index in [4.69, 9.17) is 10.5 Å². The van der Waals surface area contributed by atoms with Crippen molar-refractivity contribution in [3.63, 3.8) is 0 Å². The lowest BCUT2D eigenvalue weighted by atomic mass is 10.0. The van der Waals surface area contributed by atoms with Crippen molar-refractivity contribution in [1.29, 1.82) is 0 Å². The summed E-state index contributed by atoms with van der Waals surface area (Å²) in [7, 11) is 1.67. The zero-order valence-corrected chi connectivity index (χ0v) is 11.6. The monoisotopic (exact) mass is 260 g/mol. The first-order valence-corrected chi connectivity index (χ1v) is 6.45. The van der Waals surface area contributed by atoms with Crippen molar-refractivity contribution in [2.75, 3.05) is 7.11 Å². The molecule has 2 rings (SSSR count). The second-order valence-electron chi connectivity index (χ2n) is 4.59. The molecule has 5 nitrogen and oxygen atoms in total. The van der Waals surface area contributed by atoms with Crippen molar-refractivity contribution < 1.29 is 4.74 Å². The van der Waals surface area contributed by atoms with Gasteiger partial charge in [-0.2, -0.15) is 0 Å². The molecule has 102 valence electrons. The molecule has 0 radical (unpaired) electrons. The van der Waals surface area contributed by atoms with Gasteiger partial charge in [-0.05, 0) is 30.5 Å². The number of nitrogens with zero attached hydrogens (tertiary/aromatic N) is 3. The van der Waals surface area contributed by atoms with Crippen LogP contribution in [0.1, 0.15) is 36.2 Å². The lowest BCUT2D eigenvalue weighted by molar-refractivity contribution is 0.411. The standard InChI is InChI=1S/C14H20N4O/c1-4-7-18-12(9-16-17-18)14(15)11-6-5-10(2)13(8-11)19-3/h5-6,8-9,14H,4,7,15H2,1-3H3. The van der Waals surface area contributed by atoms with Gasteiger partial charge in [0.25, 0.3) is 0 Å². The molecule has 0 fully saturated rings. The molecule has 1 atom stereocenters. The normalized spacial score (nSPS) is 12.4. The molecule has 1 aromatic carbocycles. The highest BCUT2D eigenvalue weighted by Crippen LogP contribution is 2.25. The second kappa shape index (κ2) is 5.84. The van der Waals surface area contributed by atoms with Crippen LogP contribution in [0.2, 0.25) is 0 Å². The Morgan fingerprint density at radius 2 is 2.21 bits per heavy atom. The van der Waals surface area contributed by atoms with Crippen molar-refractivity contribution in [2.24, 2.45) is 5.73 Å². The summed E-state index contributed by atoms with van der Waals surface area (Å²) in [4.78, 5) is 0. The van der Waals surface area contributed by atoms with Gasteiger partial charge in [0.2, 0.25) is 0 Å². The highest BCUT2D eigenvalue weighted by Gasteiger charge is 2.15. The van der Waals surface area contributed by atoms with Crippen LogP contribution in [0.3, 0.4) is 0 Å². The SMILES string of the molecule is CCCn1nncc1C(N)c1ccc(C)c(OC)c1. The molecule has 1 unspecified atom stereocenters. The molecular weight excluding hydrogens is 240 g/mol. The maximum atomic E-state index is 6.31. The van der Waals surface area contributed by atoms with Gasteiger partial charge in [-0.3, -0.25) is 0 Å². The topological polar surface area (TPSA) is 66.0 Å². The number of hydrogen-bond donors (Lipinski definition) is 1. The molecule has 1 aromatic heterocycles. The Hall–Kier alpha value is -1.88. The van der Waals surface area contributed by atoms with Crippen LogP contribution in [0.4, 0.5) is 0 Å². The number of benzene rings is 1. The summed E-state index contributed by atoms with van der Waals surface area (Å²) in [6, 6.07) is 5.77. The van der Waals surface area contributed by atoms with Crippen LogP contribution in [0, 0.1) is 6.92 Å². The summed E-state index contributed by atoms with van der Waals surface area (Å²) in [5.74, 6) is 0.850. The highest BCUT2D eigenvalue weighted by atomic mass is 16.5. The van der Waals surface area contributed by atoms with Gasteiger partial charge in [0.05, 0.1) is 25.0 Å². The van der Waals surface area contributed by atoms with Crippen LogP contribution >= 0.6 is 0 Å². The van der Waals surface area contributed by atoms with Gasteiger partial charge in [-0.15, -0.1) is 5.10 Å². The van der Waals surface area contributed by atoms with Gasteiger partial charge in [-0.25, -0.2) is 4.68 Å². The molecular formula is C14H20N4O. The number of nitrogens with two attached hydrogens (primary N) is 1. The number of aromatic nitrogens is 3. The van der Waals surface area contributed by atoms with Gasteiger partial charge >= 0.3 is 0 Å². The average Bonchev–Trinajstić information content (AvgIpc) is 2.87. The lowest BCUT2D eigenvalue weighted by Crippen LogP contribution is -2.17. The first kappa shape index (κ1) is 13.5. The largest absolute Gasteiger partial charge is 0.496 e. The second-order valence-corrected chi connectivity index (χ2v) is 4.59.